The van der Waals surface area contributed by atoms with Crippen LogP contribution in [0.2, 0.25) is 0 Å². The van der Waals surface area contributed by atoms with Crippen molar-refractivity contribution >= 4 is 11.7 Å². The molecule has 2 aliphatic rings. The first-order valence-corrected chi connectivity index (χ1v) is 6.71. The normalized spacial score (nSPS) is 24.0. The summed E-state index contributed by atoms with van der Waals surface area (Å²) >= 11 is 0. The first-order valence-electron chi connectivity index (χ1n) is 6.71. The van der Waals surface area contributed by atoms with Crippen molar-refractivity contribution in [2.24, 2.45) is 0 Å². The number of fused-ring (bicyclic) bond motifs is 1. The molecule has 1 fully saturated rings. The lowest BCUT2D eigenvalue weighted by Crippen LogP contribution is -2.35. The lowest BCUT2D eigenvalue weighted by Gasteiger charge is -2.27. The third kappa shape index (κ3) is 2.31. The smallest absolute Gasteiger partial charge is 0.321 e. The van der Waals surface area contributed by atoms with E-state index in [1.54, 1.807) is 11.9 Å². The van der Waals surface area contributed by atoms with E-state index in [1.807, 2.05) is 18.2 Å². The number of urea groups is 1. The minimum atomic E-state index is -0.476. The fourth-order valence-electron chi connectivity index (χ4n) is 2.80. The number of anilines is 1. The van der Waals surface area contributed by atoms with Gasteiger partial charge in [-0.1, -0.05) is 6.07 Å². The van der Waals surface area contributed by atoms with E-state index in [0.29, 0.717) is 6.54 Å². The Balaban J connectivity index is 1.84. The summed E-state index contributed by atoms with van der Waals surface area (Å²) < 4.78 is 0. The van der Waals surface area contributed by atoms with Crippen molar-refractivity contribution in [2.75, 3.05) is 18.9 Å². The Hall–Kier alpha value is -1.59. The van der Waals surface area contributed by atoms with Crippen LogP contribution in [0.1, 0.15) is 30.1 Å². The standard InChI is InChI=1S/C14H19N3O2/c1-17-8-10-7-9(4-5-11(10)16-14(17)19)13(18)12-3-2-6-15-12/h4-5,7,12-13,15,18H,2-3,6,8H2,1H3,(H,16,19). The molecule has 3 rings (SSSR count). The molecule has 5 heteroatoms. The van der Waals surface area contributed by atoms with Crippen LogP contribution in [0, 0.1) is 0 Å². The molecule has 2 aliphatic heterocycles. The van der Waals surface area contributed by atoms with Crippen molar-refractivity contribution in [2.45, 2.75) is 31.5 Å². The Morgan fingerprint density at radius 1 is 1.47 bits per heavy atom. The van der Waals surface area contributed by atoms with Crippen LogP contribution in [0.15, 0.2) is 18.2 Å². The number of nitrogens with zero attached hydrogens (tertiary/aromatic N) is 1. The molecule has 0 aliphatic carbocycles. The van der Waals surface area contributed by atoms with Crippen molar-refractivity contribution in [3.63, 3.8) is 0 Å². The summed E-state index contributed by atoms with van der Waals surface area (Å²) in [4.78, 5) is 13.2. The van der Waals surface area contributed by atoms with Gasteiger partial charge in [-0.25, -0.2) is 4.79 Å². The molecule has 102 valence electrons. The molecule has 2 amide bonds. The minimum absolute atomic E-state index is 0.0849. The van der Waals surface area contributed by atoms with E-state index in [1.165, 1.54) is 0 Å². The monoisotopic (exact) mass is 261 g/mol. The molecule has 5 nitrogen and oxygen atoms in total. The second-order valence-corrected chi connectivity index (χ2v) is 5.35. The fourth-order valence-corrected chi connectivity index (χ4v) is 2.80. The molecule has 2 atom stereocenters. The Kier molecular flexibility index (Phi) is 3.16. The molecule has 0 saturated carbocycles. The third-order valence-electron chi connectivity index (χ3n) is 3.95. The van der Waals surface area contributed by atoms with Crippen LogP contribution in [0.25, 0.3) is 0 Å². The zero-order valence-electron chi connectivity index (χ0n) is 11.0. The van der Waals surface area contributed by atoms with Gasteiger partial charge in [0.25, 0.3) is 0 Å². The number of hydrogen-bond acceptors (Lipinski definition) is 3. The molecule has 1 aromatic rings. The molecule has 3 N–H and O–H groups in total. The molecule has 2 heterocycles. The van der Waals surface area contributed by atoms with Crippen molar-refractivity contribution in [3.8, 4) is 0 Å². The highest BCUT2D eigenvalue weighted by atomic mass is 16.3. The quantitative estimate of drug-likeness (QED) is 0.755. The maximum Gasteiger partial charge on any atom is 0.321 e. The summed E-state index contributed by atoms with van der Waals surface area (Å²) in [6.07, 6.45) is 1.65. The van der Waals surface area contributed by atoms with Gasteiger partial charge in [0.15, 0.2) is 0 Å². The van der Waals surface area contributed by atoms with Crippen LogP contribution in [-0.2, 0) is 6.54 Å². The van der Waals surface area contributed by atoms with Crippen molar-refractivity contribution in [3.05, 3.63) is 29.3 Å². The van der Waals surface area contributed by atoms with Crippen molar-refractivity contribution in [1.29, 1.82) is 0 Å². The number of hydrogen-bond donors (Lipinski definition) is 3. The number of carbonyl (C=O) groups is 1. The summed E-state index contributed by atoms with van der Waals surface area (Å²) in [5.41, 5.74) is 2.82. The van der Waals surface area contributed by atoms with Crippen LogP contribution in [0.3, 0.4) is 0 Å². The second kappa shape index (κ2) is 4.83. The Morgan fingerprint density at radius 2 is 2.32 bits per heavy atom. The average Bonchev–Trinajstić information content (AvgIpc) is 2.93. The number of aliphatic hydroxyl groups is 1. The van der Waals surface area contributed by atoms with E-state index >= 15 is 0 Å². The Bertz CT molecular complexity index is 497. The maximum atomic E-state index is 11.5. The Morgan fingerprint density at radius 3 is 3.05 bits per heavy atom. The topological polar surface area (TPSA) is 64.6 Å². The van der Waals surface area contributed by atoms with Gasteiger partial charge in [-0.3, -0.25) is 0 Å². The van der Waals surface area contributed by atoms with Gasteiger partial charge in [-0.05, 0) is 42.6 Å². The van der Waals surface area contributed by atoms with E-state index in [4.69, 9.17) is 0 Å². The van der Waals surface area contributed by atoms with E-state index in [0.717, 1.165) is 36.2 Å². The number of carbonyl (C=O) groups excluding carboxylic acids is 1. The van der Waals surface area contributed by atoms with Gasteiger partial charge >= 0.3 is 6.03 Å². The number of nitrogens with one attached hydrogen (secondary N) is 2. The summed E-state index contributed by atoms with van der Waals surface area (Å²) in [5, 5.41) is 16.5. The summed E-state index contributed by atoms with van der Waals surface area (Å²) in [5.74, 6) is 0. The first kappa shape index (κ1) is 12.4. The van der Waals surface area contributed by atoms with Gasteiger partial charge in [0.1, 0.15) is 0 Å². The van der Waals surface area contributed by atoms with Crippen LogP contribution < -0.4 is 10.6 Å². The molecule has 1 aromatic carbocycles. The van der Waals surface area contributed by atoms with Gasteiger partial charge in [0.05, 0.1) is 6.10 Å². The van der Waals surface area contributed by atoms with Crippen molar-refractivity contribution in [1.82, 2.24) is 10.2 Å². The molecular weight excluding hydrogens is 242 g/mol. The van der Waals surface area contributed by atoms with Gasteiger partial charge in [0.2, 0.25) is 0 Å². The predicted octanol–water partition coefficient (Wildman–Crippen LogP) is 1.45. The molecule has 2 unspecified atom stereocenters. The zero-order chi connectivity index (χ0) is 13.4. The van der Waals surface area contributed by atoms with E-state index < -0.39 is 6.10 Å². The van der Waals surface area contributed by atoms with Gasteiger partial charge in [-0.2, -0.15) is 0 Å². The SMILES string of the molecule is CN1Cc2cc(C(O)C3CCCN3)ccc2NC1=O. The number of aliphatic hydroxyl groups excluding tert-OH is 1. The molecule has 0 spiro atoms. The minimum Gasteiger partial charge on any atom is -0.387 e. The van der Waals surface area contributed by atoms with Crippen LogP contribution in [0.5, 0.6) is 0 Å². The number of rotatable bonds is 2. The molecule has 0 aromatic heterocycles. The number of benzene rings is 1. The van der Waals surface area contributed by atoms with E-state index in [2.05, 4.69) is 10.6 Å². The average molecular weight is 261 g/mol. The largest absolute Gasteiger partial charge is 0.387 e. The van der Waals surface area contributed by atoms with Gasteiger partial charge in [0, 0.05) is 25.3 Å². The predicted molar refractivity (Wildman–Crippen MR) is 72.9 cm³/mol. The van der Waals surface area contributed by atoms with E-state index in [-0.39, 0.29) is 12.1 Å². The molecule has 19 heavy (non-hydrogen) atoms. The maximum absolute atomic E-state index is 11.5. The molecule has 0 bridgehead atoms. The molecule has 1 saturated heterocycles. The molecule has 0 radical (unpaired) electrons. The highest BCUT2D eigenvalue weighted by Gasteiger charge is 2.26. The highest BCUT2D eigenvalue weighted by molar-refractivity contribution is 5.92. The fraction of sp³-hybridized carbons (Fsp3) is 0.500. The zero-order valence-corrected chi connectivity index (χ0v) is 11.0. The summed E-state index contributed by atoms with van der Waals surface area (Å²) in [7, 11) is 1.76. The third-order valence-corrected chi connectivity index (χ3v) is 3.95. The molecular formula is C14H19N3O2. The highest BCUT2D eigenvalue weighted by Crippen LogP contribution is 2.29. The van der Waals surface area contributed by atoms with Gasteiger partial charge in [-0.15, -0.1) is 0 Å². The second-order valence-electron chi connectivity index (χ2n) is 5.35. The summed E-state index contributed by atoms with van der Waals surface area (Å²) in [6.45, 7) is 1.56. The first-order chi connectivity index (χ1) is 9.15. The summed E-state index contributed by atoms with van der Waals surface area (Å²) in [6, 6.07) is 5.84. The van der Waals surface area contributed by atoms with Crippen LogP contribution >= 0.6 is 0 Å². The lowest BCUT2D eigenvalue weighted by atomic mass is 9.97. The van der Waals surface area contributed by atoms with Crippen molar-refractivity contribution < 1.29 is 9.90 Å². The van der Waals surface area contributed by atoms with Crippen LogP contribution in [0.4, 0.5) is 10.5 Å². The van der Waals surface area contributed by atoms with E-state index in [9.17, 15) is 9.90 Å². The van der Waals surface area contributed by atoms with Crippen LogP contribution in [-0.4, -0.2) is 35.7 Å². The van der Waals surface area contributed by atoms with Gasteiger partial charge < -0.3 is 20.6 Å². The Labute approximate surface area is 112 Å². The number of amides is 2. The lowest BCUT2D eigenvalue weighted by molar-refractivity contribution is 0.137.